The number of thiazole rings is 1. The van der Waals surface area contributed by atoms with E-state index in [0.29, 0.717) is 48.4 Å². The number of aromatic nitrogens is 2. The molecular formula is C35H39N5O4S2. The summed E-state index contributed by atoms with van der Waals surface area (Å²) in [4.78, 5) is 20.3. The minimum atomic E-state index is -3.69. The van der Waals surface area contributed by atoms with Gasteiger partial charge < -0.3 is 14.7 Å². The van der Waals surface area contributed by atoms with Gasteiger partial charge in [0.15, 0.2) is 5.13 Å². The number of piperidine rings is 1. The van der Waals surface area contributed by atoms with Gasteiger partial charge in [-0.25, -0.2) is 18.1 Å². The molecule has 2 atom stereocenters. The predicted octanol–water partition coefficient (Wildman–Crippen LogP) is 6.61. The molecule has 1 amide bonds. The summed E-state index contributed by atoms with van der Waals surface area (Å²) in [5, 5.41) is 9.59. The molecule has 2 unspecified atom stereocenters. The molecule has 0 radical (unpaired) electrons. The minimum absolute atomic E-state index is 0.347. The minimum Gasteiger partial charge on any atom is -0.360 e. The molecule has 4 heterocycles. The van der Waals surface area contributed by atoms with Crippen LogP contribution < -0.4 is 14.9 Å². The second-order valence-electron chi connectivity index (χ2n) is 14.4. The Bertz CT molecular complexity index is 1940. The smallest absolute Gasteiger partial charge is 0.264 e. The molecule has 46 heavy (non-hydrogen) atoms. The largest absolute Gasteiger partial charge is 0.360 e. The van der Waals surface area contributed by atoms with Gasteiger partial charge in [-0.15, -0.1) is 0 Å². The summed E-state index contributed by atoms with van der Waals surface area (Å²) in [7, 11) is -3.69. The summed E-state index contributed by atoms with van der Waals surface area (Å²) in [6.07, 6.45) is 10.4. The van der Waals surface area contributed by atoms with Crippen molar-refractivity contribution in [3.8, 4) is 11.3 Å². The zero-order chi connectivity index (χ0) is 31.2. The van der Waals surface area contributed by atoms with E-state index in [-0.39, 0.29) is 0 Å². The van der Waals surface area contributed by atoms with Crippen LogP contribution in [0.2, 0.25) is 0 Å². The van der Waals surface area contributed by atoms with Crippen LogP contribution in [-0.4, -0.2) is 47.3 Å². The number of sulfonamides is 1. The highest BCUT2D eigenvalue weighted by molar-refractivity contribution is 7.91. The van der Waals surface area contributed by atoms with E-state index in [4.69, 9.17) is 9.51 Å². The Kier molecular flexibility index (Phi) is 6.67. The number of benzene rings is 2. The first-order valence-electron chi connectivity index (χ1n) is 16.8. The lowest BCUT2D eigenvalue weighted by Gasteiger charge is -2.39. The van der Waals surface area contributed by atoms with E-state index in [1.165, 1.54) is 42.4 Å². The van der Waals surface area contributed by atoms with Crippen LogP contribution in [0.3, 0.4) is 0 Å². The highest BCUT2D eigenvalue weighted by Gasteiger charge is 2.51. The van der Waals surface area contributed by atoms with Gasteiger partial charge in [-0.05, 0) is 101 Å². The average Bonchev–Trinajstić information content (AvgIpc) is 3.99. The van der Waals surface area contributed by atoms with Crippen molar-refractivity contribution in [2.45, 2.75) is 112 Å². The molecule has 2 aromatic heterocycles. The number of nitrogens with one attached hydrogen (secondary N) is 2. The molecule has 2 saturated heterocycles. The molecule has 5 aliphatic rings. The van der Waals surface area contributed by atoms with Crippen LogP contribution in [0, 0.1) is 0 Å². The van der Waals surface area contributed by atoms with Crippen molar-refractivity contribution in [2.24, 2.45) is 0 Å². The van der Waals surface area contributed by atoms with E-state index in [1.807, 2.05) is 6.07 Å². The molecule has 2 N–H and O–H groups in total. The number of anilines is 1. The molecule has 4 aromatic rings. The van der Waals surface area contributed by atoms with Crippen LogP contribution in [0.4, 0.5) is 5.13 Å². The highest BCUT2D eigenvalue weighted by Crippen LogP contribution is 2.48. The number of amides is 1. The van der Waals surface area contributed by atoms with Crippen molar-refractivity contribution in [1.82, 2.24) is 20.2 Å². The number of carbonyl (C=O) groups is 1. The van der Waals surface area contributed by atoms with Crippen molar-refractivity contribution in [3.63, 3.8) is 0 Å². The van der Waals surface area contributed by atoms with E-state index >= 15 is 0 Å². The Balaban J connectivity index is 0.904. The van der Waals surface area contributed by atoms with Gasteiger partial charge in [0.25, 0.3) is 5.91 Å². The van der Waals surface area contributed by atoms with E-state index in [2.05, 4.69) is 44.4 Å². The molecule has 9 nitrogen and oxygen atoms in total. The van der Waals surface area contributed by atoms with Crippen molar-refractivity contribution in [3.05, 3.63) is 64.9 Å². The quantitative estimate of drug-likeness (QED) is 0.196. The van der Waals surface area contributed by atoms with E-state index in [1.54, 1.807) is 30.4 Å². The molecule has 9 rings (SSSR count). The second-order valence-corrected chi connectivity index (χ2v) is 17.6. The summed E-state index contributed by atoms with van der Waals surface area (Å²) in [5.41, 5.74) is 6.11. The number of hydrogen-bond acceptors (Lipinski definition) is 9. The number of nitrogens with zero attached hydrogens (tertiary/aromatic N) is 3. The maximum Gasteiger partial charge on any atom is 0.264 e. The number of rotatable bonds is 10. The molecule has 0 spiro atoms. The van der Waals surface area contributed by atoms with Gasteiger partial charge in [-0.1, -0.05) is 40.8 Å². The SMILES string of the molecule is CC1(S(=O)(=O)NC(=O)c2ccc3nc(N4C5CCC4CC(NCc4c(-c6ccccc6C6CC6)noc4C4CC4)C5)sc3c2)CC1. The summed E-state index contributed by atoms with van der Waals surface area (Å²) in [5.74, 6) is 1.65. The van der Waals surface area contributed by atoms with Crippen LogP contribution >= 0.6 is 11.3 Å². The lowest BCUT2D eigenvalue weighted by molar-refractivity contribution is 0.0981. The van der Waals surface area contributed by atoms with Crippen LogP contribution in [0.25, 0.3) is 21.5 Å². The molecule has 11 heteroatoms. The lowest BCUT2D eigenvalue weighted by Crippen LogP contribution is -2.49. The Morgan fingerprint density at radius 3 is 2.48 bits per heavy atom. The van der Waals surface area contributed by atoms with Crippen molar-refractivity contribution in [2.75, 3.05) is 4.90 Å². The summed E-state index contributed by atoms with van der Waals surface area (Å²) >= 11 is 1.60. The molecule has 5 fully saturated rings. The molecule has 240 valence electrons. The lowest BCUT2D eigenvalue weighted by atomic mass is 9.95. The third-order valence-electron chi connectivity index (χ3n) is 11.0. The first-order chi connectivity index (χ1) is 22.3. The van der Waals surface area contributed by atoms with E-state index in [9.17, 15) is 13.2 Å². The van der Waals surface area contributed by atoms with Crippen LogP contribution in [0.1, 0.15) is 110 Å². The zero-order valence-electron chi connectivity index (χ0n) is 26.0. The van der Waals surface area contributed by atoms with Gasteiger partial charge in [-0.3, -0.25) is 4.79 Å². The average molecular weight is 658 g/mol. The van der Waals surface area contributed by atoms with Crippen molar-refractivity contribution >= 4 is 42.6 Å². The molecule has 3 saturated carbocycles. The van der Waals surface area contributed by atoms with Gasteiger partial charge in [0.05, 0.1) is 15.0 Å². The van der Waals surface area contributed by atoms with Crippen LogP contribution in [-0.2, 0) is 16.6 Å². The zero-order valence-corrected chi connectivity index (χ0v) is 27.6. The predicted molar refractivity (Wildman–Crippen MR) is 179 cm³/mol. The summed E-state index contributed by atoms with van der Waals surface area (Å²) < 4.78 is 33.6. The van der Waals surface area contributed by atoms with Crippen LogP contribution in [0.15, 0.2) is 47.0 Å². The highest BCUT2D eigenvalue weighted by atomic mass is 32.2. The van der Waals surface area contributed by atoms with Gasteiger partial charge >= 0.3 is 0 Å². The van der Waals surface area contributed by atoms with Gasteiger partial charge in [0, 0.05) is 47.3 Å². The molecule has 2 aliphatic heterocycles. The normalized spacial score (nSPS) is 25.2. The number of fused-ring (bicyclic) bond motifs is 3. The molecule has 2 aromatic carbocycles. The Morgan fingerprint density at radius 1 is 1.02 bits per heavy atom. The fourth-order valence-electron chi connectivity index (χ4n) is 7.65. The first kappa shape index (κ1) is 28.9. The van der Waals surface area contributed by atoms with Gasteiger partial charge in [0.1, 0.15) is 11.5 Å². The fourth-order valence-corrected chi connectivity index (χ4v) is 10.0. The maximum absolute atomic E-state index is 12.9. The third-order valence-corrected chi connectivity index (χ3v) is 14.2. The standard InChI is InChI=1S/C35H39N5O4S2/c1-35(14-15-35)46(42,43)39-33(41)22-10-13-29-30(16-22)45-34(37-29)40-24-11-12-25(40)18-23(17-24)36-19-28-31(38-44-32(28)21-8-9-21)27-5-3-2-4-26(27)20-6-7-20/h2-5,10,13,16,20-21,23-25,36H,6-9,11-12,14-15,17-19H2,1H3,(H,39,41). The van der Waals surface area contributed by atoms with Gasteiger partial charge in [0.2, 0.25) is 10.0 Å². The Labute approximate surface area is 273 Å². The summed E-state index contributed by atoms with van der Waals surface area (Å²) in [6, 6.07) is 15.3. The first-order valence-corrected chi connectivity index (χ1v) is 19.1. The Hall–Kier alpha value is -3.28. The van der Waals surface area contributed by atoms with Crippen LogP contribution in [0.5, 0.6) is 0 Å². The van der Waals surface area contributed by atoms with Crippen molar-refractivity contribution < 1.29 is 17.7 Å². The van der Waals surface area contributed by atoms with E-state index in [0.717, 1.165) is 59.0 Å². The third kappa shape index (κ3) is 5.06. The van der Waals surface area contributed by atoms with E-state index < -0.39 is 20.7 Å². The fraction of sp³-hybridized carbons (Fsp3) is 0.514. The second kappa shape index (κ2) is 10.6. The maximum atomic E-state index is 12.9. The number of hydrogen-bond donors (Lipinski definition) is 2. The molecule has 2 bridgehead atoms. The number of carbonyl (C=O) groups excluding carboxylic acids is 1. The monoisotopic (exact) mass is 657 g/mol. The topological polar surface area (TPSA) is 117 Å². The molecular weight excluding hydrogens is 619 g/mol. The molecule has 3 aliphatic carbocycles. The van der Waals surface area contributed by atoms with Gasteiger partial charge in [-0.2, -0.15) is 0 Å². The Morgan fingerprint density at radius 2 is 1.76 bits per heavy atom. The summed E-state index contributed by atoms with van der Waals surface area (Å²) in [6.45, 7) is 2.45. The van der Waals surface area contributed by atoms with Crippen molar-refractivity contribution in [1.29, 1.82) is 0 Å².